The van der Waals surface area contributed by atoms with E-state index < -0.39 is 0 Å². The van der Waals surface area contributed by atoms with Crippen LogP contribution in [0.25, 0.3) is 0 Å². The third-order valence-corrected chi connectivity index (χ3v) is 3.80. The molecule has 0 aliphatic rings. The van der Waals surface area contributed by atoms with Gasteiger partial charge in [-0.2, -0.15) is 0 Å². The third-order valence-electron chi connectivity index (χ3n) is 3.80. The van der Waals surface area contributed by atoms with E-state index in [0.717, 1.165) is 11.8 Å². The maximum atomic E-state index is 2.43. The lowest BCUT2D eigenvalue weighted by atomic mass is 9.81. The SMILES string of the molecule is CCCCC(C)C(CCCC)c1ccccc1. The summed E-state index contributed by atoms with van der Waals surface area (Å²) in [6, 6.07) is 11.1. The molecule has 2 atom stereocenters. The minimum atomic E-state index is 0.766. The molecule has 0 heterocycles. The summed E-state index contributed by atoms with van der Waals surface area (Å²) in [6.45, 7) is 7.01. The fourth-order valence-electron chi connectivity index (χ4n) is 2.63. The minimum absolute atomic E-state index is 0.766. The molecule has 2 unspecified atom stereocenters. The zero-order chi connectivity index (χ0) is 12.5. The summed E-state index contributed by atoms with van der Waals surface area (Å²) in [5.74, 6) is 1.59. The van der Waals surface area contributed by atoms with Crippen LogP contribution in [0.5, 0.6) is 0 Å². The molecule has 0 saturated heterocycles. The van der Waals surface area contributed by atoms with Gasteiger partial charge in [0, 0.05) is 0 Å². The van der Waals surface area contributed by atoms with Gasteiger partial charge in [-0.25, -0.2) is 0 Å². The molecule has 96 valence electrons. The molecule has 0 aliphatic carbocycles. The van der Waals surface area contributed by atoms with Crippen molar-refractivity contribution in [1.29, 1.82) is 0 Å². The summed E-state index contributed by atoms with van der Waals surface area (Å²) in [5.41, 5.74) is 1.55. The van der Waals surface area contributed by atoms with Crippen molar-refractivity contribution in [3.8, 4) is 0 Å². The van der Waals surface area contributed by atoms with Crippen LogP contribution < -0.4 is 0 Å². The molecule has 0 amide bonds. The van der Waals surface area contributed by atoms with E-state index in [-0.39, 0.29) is 0 Å². The molecule has 0 aliphatic heterocycles. The van der Waals surface area contributed by atoms with Crippen molar-refractivity contribution in [3.63, 3.8) is 0 Å². The van der Waals surface area contributed by atoms with E-state index in [0.29, 0.717) is 0 Å². The monoisotopic (exact) mass is 232 g/mol. The lowest BCUT2D eigenvalue weighted by Gasteiger charge is -2.24. The zero-order valence-corrected chi connectivity index (χ0v) is 11.8. The predicted molar refractivity (Wildman–Crippen MR) is 77.4 cm³/mol. The van der Waals surface area contributed by atoms with Gasteiger partial charge in [0.25, 0.3) is 0 Å². The quantitative estimate of drug-likeness (QED) is 0.532. The molecular formula is C17H28. The Labute approximate surface area is 107 Å². The summed E-state index contributed by atoms with van der Waals surface area (Å²) in [4.78, 5) is 0. The smallest absolute Gasteiger partial charge is 0.0136 e. The Kier molecular flexibility index (Phi) is 7.00. The van der Waals surface area contributed by atoms with E-state index in [9.17, 15) is 0 Å². The van der Waals surface area contributed by atoms with Crippen molar-refractivity contribution in [1.82, 2.24) is 0 Å². The summed E-state index contributed by atoms with van der Waals surface area (Å²) in [5, 5.41) is 0. The van der Waals surface area contributed by atoms with E-state index in [2.05, 4.69) is 51.1 Å². The van der Waals surface area contributed by atoms with Gasteiger partial charge in [0.2, 0.25) is 0 Å². The minimum Gasteiger partial charge on any atom is -0.0654 e. The molecule has 1 aromatic rings. The summed E-state index contributed by atoms with van der Waals surface area (Å²) in [6.07, 6.45) is 8.08. The average molecular weight is 232 g/mol. The first-order valence-electron chi connectivity index (χ1n) is 7.34. The van der Waals surface area contributed by atoms with Gasteiger partial charge in [0.05, 0.1) is 0 Å². The maximum absolute atomic E-state index is 2.43. The van der Waals surface area contributed by atoms with E-state index in [1.54, 1.807) is 5.56 Å². The van der Waals surface area contributed by atoms with E-state index >= 15 is 0 Å². The zero-order valence-electron chi connectivity index (χ0n) is 11.8. The van der Waals surface area contributed by atoms with Crippen LogP contribution in [0.4, 0.5) is 0 Å². The molecule has 0 spiro atoms. The van der Waals surface area contributed by atoms with Crippen molar-refractivity contribution in [3.05, 3.63) is 35.9 Å². The van der Waals surface area contributed by atoms with Crippen molar-refractivity contribution in [2.24, 2.45) is 5.92 Å². The molecule has 0 radical (unpaired) electrons. The standard InChI is InChI=1S/C17H28/c1-4-6-11-15(3)17(14-7-5-2)16-12-9-8-10-13-16/h8-10,12-13,15,17H,4-7,11,14H2,1-3H3. The van der Waals surface area contributed by atoms with Crippen LogP contribution in [0.1, 0.15) is 70.8 Å². The van der Waals surface area contributed by atoms with Crippen LogP contribution in [0.15, 0.2) is 30.3 Å². The van der Waals surface area contributed by atoms with Crippen LogP contribution in [-0.2, 0) is 0 Å². The first kappa shape index (κ1) is 14.3. The van der Waals surface area contributed by atoms with E-state index in [1.807, 2.05) is 0 Å². The van der Waals surface area contributed by atoms with Crippen molar-refractivity contribution >= 4 is 0 Å². The second kappa shape index (κ2) is 8.33. The van der Waals surface area contributed by atoms with Crippen LogP contribution in [0.2, 0.25) is 0 Å². The number of hydrogen-bond acceptors (Lipinski definition) is 0. The summed E-state index contributed by atoms with van der Waals surface area (Å²) >= 11 is 0. The second-order valence-corrected chi connectivity index (χ2v) is 5.28. The van der Waals surface area contributed by atoms with Crippen LogP contribution >= 0.6 is 0 Å². The van der Waals surface area contributed by atoms with E-state index in [1.165, 1.54) is 38.5 Å². The molecule has 0 heteroatoms. The highest BCUT2D eigenvalue weighted by atomic mass is 14.2. The molecule has 1 aromatic carbocycles. The fraction of sp³-hybridized carbons (Fsp3) is 0.647. The molecule has 1 rings (SSSR count). The van der Waals surface area contributed by atoms with Gasteiger partial charge < -0.3 is 0 Å². The van der Waals surface area contributed by atoms with Crippen LogP contribution in [-0.4, -0.2) is 0 Å². The Bertz CT molecular complexity index is 275. The van der Waals surface area contributed by atoms with E-state index in [4.69, 9.17) is 0 Å². The fourth-order valence-corrected chi connectivity index (χ4v) is 2.63. The van der Waals surface area contributed by atoms with Gasteiger partial charge in [-0.3, -0.25) is 0 Å². The second-order valence-electron chi connectivity index (χ2n) is 5.28. The Morgan fingerprint density at radius 2 is 1.47 bits per heavy atom. The molecule has 0 nitrogen and oxygen atoms in total. The number of rotatable bonds is 8. The summed E-state index contributed by atoms with van der Waals surface area (Å²) < 4.78 is 0. The lowest BCUT2D eigenvalue weighted by Crippen LogP contribution is -2.10. The molecule has 0 fully saturated rings. The van der Waals surface area contributed by atoms with Crippen LogP contribution in [0, 0.1) is 5.92 Å². The van der Waals surface area contributed by atoms with Gasteiger partial charge in [-0.05, 0) is 23.8 Å². The number of unbranched alkanes of at least 4 members (excludes halogenated alkanes) is 2. The largest absolute Gasteiger partial charge is 0.0654 e. The van der Waals surface area contributed by atoms with Gasteiger partial charge in [-0.1, -0.05) is 83.2 Å². The molecule has 0 aromatic heterocycles. The number of hydrogen-bond donors (Lipinski definition) is 0. The van der Waals surface area contributed by atoms with Gasteiger partial charge in [0.1, 0.15) is 0 Å². The molecule has 0 N–H and O–H groups in total. The molecule has 0 bridgehead atoms. The normalized spacial score (nSPS) is 14.5. The Balaban J connectivity index is 2.66. The number of benzene rings is 1. The molecule has 17 heavy (non-hydrogen) atoms. The maximum Gasteiger partial charge on any atom is -0.0136 e. The van der Waals surface area contributed by atoms with Crippen molar-refractivity contribution in [2.75, 3.05) is 0 Å². The van der Waals surface area contributed by atoms with Gasteiger partial charge >= 0.3 is 0 Å². The third kappa shape index (κ3) is 4.93. The molecular weight excluding hydrogens is 204 g/mol. The van der Waals surface area contributed by atoms with Crippen molar-refractivity contribution < 1.29 is 0 Å². The Hall–Kier alpha value is -0.780. The van der Waals surface area contributed by atoms with Crippen molar-refractivity contribution in [2.45, 2.75) is 65.2 Å². The highest BCUT2D eigenvalue weighted by molar-refractivity contribution is 5.20. The summed E-state index contributed by atoms with van der Waals surface area (Å²) in [7, 11) is 0. The Morgan fingerprint density at radius 3 is 2.06 bits per heavy atom. The highest BCUT2D eigenvalue weighted by Crippen LogP contribution is 2.32. The van der Waals surface area contributed by atoms with Gasteiger partial charge in [0.15, 0.2) is 0 Å². The lowest BCUT2D eigenvalue weighted by molar-refractivity contribution is 0.387. The predicted octanol–water partition coefficient (Wildman–Crippen LogP) is 5.79. The molecule has 0 saturated carbocycles. The topological polar surface area (TPSA) is 0 Å². The Morgan fingerprint density at radius 1 is 0.882 bits per heavy atom. The average Bonchev–Trinajstić information content (AvgIpc) is 2.38. The highest BCUT2D eigenvalue weighted by Gasteiger charge is 2.17. The van der Waals surface area contributed by atoms with Crippen LogP contribution in [0.3, 0.4) is 0 Å². The first-order valence-corrected chi connectivity index (χ1v) is 7.34. The first-order chi connectivity index (χ1) is 8.29. The van der Waals surface area contributed by atoms with Gasteiger partial charge in [-0.15, -0.1) is 0 Å².